The Labute approximate surface area is 108 Å². The van der Waals surface area contributed by atoms with Crippen LogP contribution in [-0.2, 0) is 0 Å². The second-order valence-corrected chi connectivity index (χ2v) is 4.12. The minimum Gasteiger partial charge on any atom is -0.493 e. The van der Waals surface area contributed by atoms with Gasteiger partial charge in [0, 0.05) is 12.5 Å². The average Bonchev–Trinajstić information content (AvgIpc) is 2.38. The highest BCUT2D eigenvalue weighted by Crippen LogP contribution is 2.35. The number of hydrogen-bond acceptors (Lipinski definition) is 2. The Morgan fingerprint density at radius 2 is 1.89 bits per heavy atom. The van der Waals surface area contributed by atoms with Gasteiger partial charge in [0.1, 0.15) is 5.82 Å². The second kappa shape index (κ2) is 6.90. The molecule has 0 aliphatic rings. The molecule has 0 amide bonds. The van der Waals surface area contributed by atoms with Gasteiger partial charge in [0.15, 0.2) is 11.5 Å². The summed E-state index contributed by atoms with van der Waals surface area (Å²) in [7, 11) is 3.03. The molecule has 2 nitrogen and oxygen atoms in total. The van der Waals surface area contributed by atoms with Crippen LogP contribution in [0.2, 0.25) is 0 Å². The Kier molecular flexibility index (Phi) is 5.51. The first-order valence-electron chi connectivity index (χ1n) is 6.02. The lowest BCUT2D eigenvalue weighted by Crippen LogP contribution is -2.03. The first kappa shape index (κ1) is 14.4. The van der Waals surface area contributed by atoms with Crippen LogP contribution >= 0.6 is 0 Å². The van der Waals surface area contributed by atoms with Crippen LogP contribution in [0.15, 0.2) is 12.1 Å². The van der Waals surface area contributed by atoms with E-state index in [1.54, 1.807) is 6.07 Å². The third-order valence-corrected chi connectivity index (χ3v) is 2.94. The summed E-state index contributed by atoms with van der Waals surface area (Å²) in [5.74, 6) is 3.27. The van der Waals surface area contributed by atoms with E-state index in [-0.39, 0.29) is 11.7 Å². The third-order valence-electron chi connectivity index (χ3n) is 2.94. The topological polar surface area (TPSA) is 18.5 Å². The smallest absolute Gasteiger partial charge is 0.163 e. The minimum atomic E-state index is -0.290. The average molecular weight is 250 g/mol. The van der Waals surface area contributed by atoms with E-state index in [1.165, 1.54) is 20.3 Å². The van der Waals surface area contributed by atoms with Gasteiger partial charge in [0.25, 0.3) is 0 Å². The molecule has 0 aliphatic carbocycles. The molecule has 1 unspecified atom stereocenters. The van der Waals surface area contributed by atoms with Crippen LogP contribution in [0.5, 0.6) is 11.5 Å². The predicted molar refractivity (Wildman–Crippen MR) is 70.6 cm³/mol. The number of benzene rings is 1. The largest absolute Gasteiger partial charge is 0.493 e. The number of terminal acetylenes is 1. The number of methoxy groups -OCH3 is 2. The maximum atomic E-state index is 14.0. The molecule has 0 saturated carbocycles. The van der Waals surface area contributed by atoms with E-state index in [4.69, 9.17) is 15.9 Å². The van der Waals surface area contributed by atoms with Gasteiger partial charge in [-0.2, -0.15) is 0 Å². The summed E-state index contributed by atoms with van der Waals surface area (Å²) in [6.07, 6.45) is 7.69. The molecule has 98 valence electrons. The highest BCUT2D eigenvalue weighted by atomic mass is 19.1. The molecule has 0 fully saturated rings. The van der Waals surface area contributed by atoms with Gasteiger partial charge in [-0.25, -0.2) is 4.39 Å². The molecule has 1 atom stereocenters. The van der Waals surface area contributed by atoms with Gasteiger partial charge in [0.2, 0.25) is 0 Å². The van der Waals surface area contributed by atoms with Crippen LogP contribution < -0.4 is 9.47 Å². The lowest BCUT2D eigenvalue weighted by atomic mass is 9.91. The van der Waals surface area contributed by atoms with Crippen molar-refractivity contribution in [3.63, 3.8) is 0 Å². The zero-order valence-electron chi connectivity index (χ0n) is 11.1. The summed E-state index contributed by atoms with van der Waals surface area (Å²) in [6, 6.07) is 3.04. The van der Waals surface area contributed by atoms with Crippen LogP contribution in [0.3, 0.4) is 0 Å². The van der Waals surface area contributed by atoms with Crippen LogP contribution in [0.1, 0.15) is 37.7 Å². The molecule has 18 heavy (non-hydrogen) atoms. The summed E-state index contributed by atoms with van der Waals surface area (Å²) in [6.45, 7) is 2.06. The number of hydrogen-bond donors (Lipinski definition) is 0. The fourth-order valence-electron chi connectivity index (χ4n) is 2.04. The molecule has 0 bridgehead atoms. The molecular formula is C15H19FO2. The zero-order valence-corrected chi connectivity index (χ0v) is 11.1. The summed E-state index contributed by atoms with van der Waals surface area (Å²) >= 11 is 0. The minimum absolute atomic E-state index is 0.0276. The fraction of sp³-hybridized carbons (Fsp3) is 0.467. The lowest BCUT2D eigenvalue weighted by molar-refractivity contribution is 0.350. The summed E-state index contributed by atoms with van der Waals surface area (Å²) < 4.78 is 24.3. The molecule has 0 heterocycles. The van der Waals surface area contributed by atoms with Crippen molar-refractivity contribution >= 4 is 0 Å². The highest BCUT2D eigenvalue weighted by Gasteiger charge is 2.18. The molecule has 0 N–H and O–H groups in total. The summed E-state index contributed by atoms with van der Waals surface area (Å²) in [5.41, 5.74) is 0.604. The number of halogens is 1. The zero-order chi connectivity index (χ0) is 13.5. The molecule has 3 heteroatoms. The van der Waals surface area contributed by atoms with E-state index >= 15 is 0 Å². The Morgan fingerprint density at radius 3 is 2.39 bits per heavy atom. The molecule has 0 aliphatic heterocycles. The molecule has 0 spiro atoms. The monoisotopic (exact) mass is 250 g/mol. The van der Waals surface area contributed by atoms with E-state index in [1.807, 2.05) is 0 Å². The maximum Gasteiger partial charge on any atom is 0.163 e. The Bertz CT molecular complexity index is 435. The maximum absolute atomic E-state index is 14.0. The summed E-state index contributed by atoms with van der Waals surface area (Å²) in [4.78, 5) is 0. The molecule has 0 radical (unpaired) electrons. The second-order valence-electron chi connectivity index (χ2n) is 4.12. The SMILES string of the molecule is C#CCC(CCC)c1cc(OC)c(OC)cc1F. The van der Waals surface area contributed by atoms with Crippen molar-refractivity contribution in [2.24, 2.45) is 0 Å². The predicted octanol–water partition coefficient (Wildman–Crippen LogP) is 3.75. The molecule has 1 rings (SSSR count). The van der Waals surface area contributed by atoms with Crippen LogP contribution in [0, 0.1) is 18.2 Å². The van der Waals surface area contributed by atoms with Gasteiger partial charge in [-0.1, -0.05) is 13.3 Å². The standard InChI is InChI=1S/C15H19FO2/c1-5-7-11(8-6-2)12-9-14(17-3)15(18-4)10-13(12)16/h1,9-11H,6-8H2,2-4H3. The van der Waals surface area contributed by atoms with E-state index < -0.39 is 0 Å². The van der Waals surface area contributed by atoms with Crippen molar-refractivity contribution in [2.45, 2.75) is 32.1 Å². The number of ether oxygens (including phenoxy) is 2. The van der Waals surface area contributed by atoms with Crippen molar-refractivity contribution < 1.29 is 13.9 Å². The van der Waals surface area contributed by atoms with Crippen molar-refractivity contribution in [2.75, 3.05) is 14.2 Å². The van der Waals surface area contributed by atoms with Crippen molar-refractivity contribution in [3.8, 4) is 23.8 Å². The Morgan fingerprint density at radius 1 is 1.28 bits per heavy atom. The molecular weight excluding hydrogens is 231 g/mol. The Balaban J connectivity index is 3.17. The van der Waals surface area contributed by atoms with E-state index in [0.29, 0.717) is 23.5 Å². The van der Waals surface area contributed by atoms with Gasteiger partial charge >= 0.3 is 0 Å². The highest BCUT2D eigenvalue weighted by molar-refractivity contribution is 5.45. The van der Waals surface area contributed by atoms with E-state index in [2.05, 4.69) is 12.8 Å². The third kappa shape index (κ3) is 3.16. The molecule has 0 saturated heterocycles. The van der Waals surface area contributed by atoms with E-state index in [9.17, 15) is 4.39 Å². The first-order chi connectivity index (χ1) is 8.67. The molecule has 1 aromatic rings. The van der Waals surface area contributed by atoms with Gasteiger partial charge in [-0.3, -0.25) is 0 Å². The van der Waals surface area contributed by atoms with Gasteiger partial charge in [-0.15, -0.1) is 12.3 Å². The normalized spacial score (nSPS) is 11.7. The lowest BCUT2D eigenvalue weighted by Gasteiger charge is -2.17. The number of rotatable bonds is 6. The van der Waals surface area contributed by atoms with Crippen LogP contribution in [0.4, 0.5) is 4.39 Å². The first-order valence-corrected chi connectivity index (χ1v) is 6.02. The van der Waals surface area contributed by atoms with Crippen molar-refractivity contribution in [1.29, 1.82) is 0 Å². The van der Waals surface area contributed by atoms with Crippen molar-refractivity contribution in [1.82, 2.24) is 0 Å². The quantitative estimate of drug-likeness (QED) is 0.716. The van der Waals surface area contributed by atoms with Gasteiger partial charge < -0.3 is 9.47 Å². The van der Waals surface area contributed by atoms with E-state index in [0.717, 1.165) is 12.8 Å². The van der Waals surface area contributed by atoms with Crippen LogP contribution in [0.25, 0.3) is 0 Å². The van der Waals surface area contributed by atoms with Crippen molar-refractivity contribution in [3.05, 3.63) is 23.5 Å². The Hall–Kier alpha value is -1.69. The molecule has 1 aromatic carbocycles. The molecule has 0 aromatic heterocycles. The summed E-state index contributed by atoms with van der Waals surface area (Å²) in [5, 5.41) is 0. The van der Waals surface area contributed by atoms with Crippen LogP contribution in [-0.4, -0.2) is 14.2 Å². The van der Waals surface area contributed by atoms with Gasteiger partial charge in [-0.05, 0) is 24.0 Å². The van der Waals surface area contributed by atoms with Gasteiger partial charge in [0.05, 0.1) is 14.2 Å². The fourth-order valence-corrected chi connectivity index (χ4v) is 2.04.